The van der Waals surface area contributed by atoms with E-state index in [0.29, 0.717) is 31.2 Å². The third-order valence-electron chi connectivity index (χ3n) is 4.62. The van der Waals surface area contributed by atoms with E-state index in [1.54, 1.807) is 4.90 Å². The summed E-state index contributed by atoms with van der Waals surface area (Å²) >= 11 is 1.20. The van der Waals surface area contributed by atoms with Gasteiger partial charge in [0.05, 0.1) is 0 Å². The van der Waals surface area contributed by atoms with Gasteiger partial charge in [-0.05, 0) is 38.4 Å². The maximum atomic E-state index is 13.1. The number of hydrogen-bond acceptors (Lipinski definition) is 5. The summed E-state index contributed by atoms with van der Waals surface area (Å²) in [5.74, 6) is 0.738. The highest BCUT2D eigenvalue weighted by Crippen LogP contribution is 2.11. The molecule has 174 valence electrons. The van der Waals surface area contributed by atoms with Crippen LogP contribution in [0.3, 0.4) is 0 Å². The number of carbonyl (C=O) groups is 3. The van der Waals surface area contributed by atoms with Crippen LogP contribution < -0.4 is 10.6 Å². The molecular weight excluding hydrogens is 412 g/mol. The highest BCUT2D eigenvalue weighted by atomic mass is 32.2. The third-order valence-corrected chi connectivity index (χ3v) is 5.60. The lowest BCUT2D eigenvalue weighted by molar-refractivity contribution is -0.121. The number of amides is 3. The molecule has 1 rings (SSSR count). The Kier molecular flexibility index (Phi) is 12.9. The molecule has 0 saturated heterocycles. The Morgan fingerprint density at radius 1 is 1.06 bits per heavy atom. The molecule has 0 bridgehead atoms. The lowest BCUT2D eigenvalue weighted by atomic mass is 10.1. The van der Waals surface area contributed by atoms with Gasteiger partial charge in [0, 0.05) is 38.4 Å². The molecule has 1 aromatic rings. The average Bonchev–Trinajstić information content (AvgIpc) is 2.69. The van der Waals surface area contributed by atoms with Crippen LogP contribution in [0.4, 0.5) is 4.79 Å². The van der Waals surface area contributed by atoms with E-state index in [0.717, 1.165) is 18.5 Å². The van der Waals surface area contributed by atoms with E-state index in [9.17, 15) is 14.4 Å². The first-order chi connectivity index (χ1) is 14.7. The summed E-state index contributed by atoms with van der Waals surface area (Å²) in [5.41, 5.74) is 1.09. The molecule has 1 aromatic carbocycles. The second-order valence-electron chi connectivity index (χ2n) is 8.40. The highest BCUT2D eigenvalue weighted by molar-refractivity contribution is 8.13. The Morgan fingerprint density at radius 3 is 2.32 bits per heavy atom. The summed E-state index contributed by atoms with van der Waals surface area (Å²) in [6.07, 6.45) is 1.43. The van der Waals surface area contributed by atoms with Gasteiger partial charge in [0.25, 0.3) is 0 Å². The molecule has 7 nitrogen and oxygen atoms in total. The van der Waals surface area contributed by atoms with Crippen molar-refractivity contribution in [1.82, 2.24) is 20.4 Å². The minimum atomic E-state index is -0.270. The Labute approximate surface area is 191 Å². The van der Waals surface area contributed by atoms with Gasteiger partial charge in [-0.15, -0.1) is 0 Å². The molecule has 1 atom stereocenters. The van der Waals surface area contributed by atoms with Gasteiger partial charge in [-0.1, -0.05) is 55.9 Å². The van der Waals surface area contributed by atoms with Crippen LogP contribution in [0.1, 0.15) is 32.8 Å². The predicted molar refractivity (Wildman–Crippen MR) is 128 cm³/mol. The monoisotopic (exact) mass is 450 g/mol. The van der Waals surface area contributed by atoms with E-state index in [1.807, 2.05) is 49.3 Å². The summed E-state index contributed by atoms with van der Waals surface area (Å²) < 4.78 is 0. The van der Waals surface area contributed by atoms with E-state index in [4.69, 9.17) is 0 Å². The Balaban J connectivity index is 2.78. The number of nitrogens with zero attached hydrogens (tertiary/aromatic N) is 2. The SMILES string of the molecule is CC(=O)SCC(Cc1ccccc1)NC(=O)N(CCC(C)C)CC(=O)NCCN(C)C. The number of rotatable bonds is 13. The number of likely N-dealkylation sites (N-methyl/N-ethyl adjacent to an activating group) is 1. The molecule has 0 spiro atoms. The van der Waals surface area contributed by atoms with Crippen LogP contribution in [0.25, 0.3) is 0 Å². The molecule has 0 aliphatic heterocycles. The van der Waals surface area contributed by atoms with E-state index >= 15 is 0 Å². The Bertz CT molecular complexity index is 683. The fraction of sp³-hybridized carbons (Fsp3) is 0.609. The second-order valence-corrected chi connectivity index (χ2v) is 9.59. The molecule has 0 fully saturated rings. The number of urea groups is 1. The quantitative estimate of drug-likeness (QED) is 0.483. The first-order valence-electron chi connectivity index (χ1n) is 10.8. The summed E-state index contributed by atoms with van der Waals surface area (Å²) in [7, 11) is 3.89. The van der Waals surface area contributed by atoms with Crippen LogP contribution in [0.2, 0.25) is 0 Å². The van der Waals surface area contributed by atoms with E-state index in [2.05, 4.69) is 24.5 Å². The van der Waals surface area contributed by atoms with Crippen molar-refractivity contribution in [2.75, 3.05) is 46.0 Å². The van der Waals surface area contributed by atoms with E-state index < -0.39 is 0 Å². The van der Waals surface area contributed by atoms with Crippen LogP contribution >= 0.6 is 11.8 Å². The number of nitrogens with one attached hydrogen (secondary N) is 2. The van der Waals surface area contributed by atoms with Gasteiger partial charge in [-0.2, -0.15) is 0 Å². The summed E-state index contributed by atoms with van der Waals surface area (Å²) in [4.78, 5) is 40.5. The topological polar surface area (TPSA) is 81.8 Å². The summed E-state index contributed by atoms with van der Waals surface area (Å²) in [5, 5.41) is 5.94. The fourth-order valence-electron chi connectivity index (χ4n) is 2.85. The van der Waals surface area contributed by atoms with Crippen molar-refractivity contribution in [3.05, 3.63) is 35.9 Å². The zero-order valence-electron chi connectivity index (χ0n) is 19.5. The van der Waals surface area contributed by atoms with Crippen molar-refractivity contribution in [2.24, 2.45) is 5.92 Å². The number of carbonyl (C=O) groups excluding carboxylic acids is 3. The Hall–Kier alpha value is -2.06. The van der Waals surface area contributed by atoms with Crippen LogP contribution in [0.15, 0.2) is 30.3 Å². The van der Waals surface area contributed by atoms with E-state index in [-0.39, 0.29) is 29.6 Å². The van der Waals surface area contributed by atoms with Crippen molar-refractivity contribution in [2.45, 2.75) is 39.7 Å². The molecule has 2 N–H and O–H groups in total. The van der Waals surface area contributed by atoms with Crippen molar-refractivity contribution >= 4 is 28.8 Å². The first-order valence-corrected chi connectivity index (χ1v) is 11.8. The number of hydrogen-bond donors (Lipinski definition) is 2. The van der Waals surface area contributed by atoms with Crippen LogP contribution in [-0.4, -0.2) is 78.9 Å². The van der Waals surface area contributed by atoms with Crippen molar-refractivity contribution in [3.8, 4) is 0 Å². The third kappa shape index (κ3) is 13.1. The largest absolute Gasteiger partial charge is 0.353 e. The molecule has 0 radical (unpaired) electrons. The van der Waals surface area contributed by atoms with Crippen molar-refractivity contribution in [3.63, 3.8) is 0 Å². The maximum absolute atomic E-state index is 13.1. The normalized spacial score (nSPS) is 12.0. The minimum absolute atomic E-state index is 0.0177. The van der Waals surface area contributed by atoms with Gasteiger partial charge in [-0.3, -0.25) is 9.59 Å². The molecule has 0 heterocycles. The highest BCUT2D eigenvalue weighted by Gasteiger charge is 2.21. The lowest BCUT2D eigenvalue weighted by Crippen LogP contribution is -2.50. The summed E-state index contributed by atoms with van der Waals surface area (Å²) in [6, 6.07) is 9.40. The zero-order chi connectivity index (χ0) is 23.2. The van der Waals surface area contributed by atoms with Gasteiger partial charge in [-0.25, -0.2) is 4.79 Å². The average molecular weight is 451 g/mol. The molecule has 0 saturated carbocycles. The molecule has 0 aromatic heterocycles. The molecular formula is C23H38N4O3S. The van der Waals surface area contributed by atoms with E-state index in [1.165, 1.54) is 18.7 Å². The zero-order valence-corrected chi connectivity index (χ0v) is 20.3. The number of thioether (sulfide) groups is 1. The van der Waals surface area contributed by atoms with Gasteiger partial charge in [0.15, 0.2) is 5.12 Å². The van der Waals surface area contributed by atoms with Gasteiger partial charge in [0.2, 0.25) is 5.91 Å². The van der Waals surface area contributed by atoms with Crippen molar-refractivity contribution < 1.29 is 14.4 Å². The van der Waals surface area contributed by atoms with Crippen LogP contribution in [-0.2, 0) is 16.0 Å². The Morgan fingerprint density at radius 2 is 1.74 bits per heavy atom. The van der Waals surface area contributed by atoms with Crippen LogP contribution in [0, 0.1) is 5.92 Å². The molecule has 0 aliphatic rings. The van der Waals surface area contributed by atoms with Gasteiger partial charge >= 0.3 is 6.03 Å². The van der Waals surface area contributed by atoms with Gasteiger partial charge < -0.3 is 20.4 Å². The first kappa shape index (κ1) is 27.0. The fourth-order valence-corrected chi connectivity index (χ4v) is 3.49. The molecule has 0 aliphatic carbocycles. The maximum Gasteiger partial charge on any atom is 0.318 e. The second kappa shape index (κ2) is 14.9. The van der Waals surface area contributed by atoms with Gasteiger partial charge in [0.1, 0.15) is 6.54 Å². The minimum Gasteiger partial charge on any atom is -0.353 e. The molecule has 1 unspecified atom stereocenters. The standard InChI is InChI=1S/C23H38N4O3S/c1-18(2)11-13-27(16-22(29)24-12-14-26(4)5)23(30)25-21(17-31-19(3)28)15-20-9-7-6-8-10-20/h6-10,18,21H,11-17H2,1-5H3,(H,24,29)(H,25,30). The lowest BCUT2D eigenvalue weighted by Gasteiger charge is -2.27. The van der Waals surface area contributed by atoms with Crippen LogP contribution in [0.5, 0.6) is 0 Å². The predicted octanol–water partition coefficient (Wildman–Crippen LogP) is 2.61. The smallest absolute Gasteiger partial charge is 0.318 e. The summed E-state index contributed by atoms with van der Waals surface area (Å²) in [6.45, 7) is 7.51. The molecule has 8 heteroatoms. The molecule has 3 amide bonds. The molecule has 31 heavy (non-hydrogen) atoms. The number of benzene rings is 1. The van der Waals surface area contributed by atoms with Crippen molar-refractivity contribution in [1.29, 1.82) is 0 Å².